The quantitative estimate of drug-likeness (QED) is 0.837. The number of carbonyl (C=O) groups is 3. The molecule has 0 saturated carbocycles. The van der Waals surface area contributed by atoms with Crippen LogP contribution in [0.15, 0.2) is 12.1 Å². The van der Waals surface area contributed by atoms with E-state index in [1.807, 2.05) is 6.92 Å². The van der Waals surface area contributed by atoms with Gasteiger partial charge in [-0.3, -0.25) is 19.7 Å². The second kappa shape index (κ2) is 6.03. The topological polar surface area (TPSA) is 66.5 Å². The average Bonchev–Trinajstić information content (AvgIpc) is 2.74. The molecule has 1 aromatic carbocycles. The third-order valence-corrected chi connectivity index (χ3v) is 3.66. The molecule has 1 heterocycles. The molecule has 0 spiro atoms. The maximum atomic E-state index is 13.6. The molecule has 21 heavy (non-hydrogen) atoms. The van der Waals surface area contributed by atoms with Gasteiger partial charge in [0.05, 0.1) is 0 Å². The summed E-state index contributed by atoms with van der Waals surface area (Å²) in [4.78, 5) is 36.2. The molecule has 1 atom stereocenters. The highest BCUT2D eigenvalue weighted by Gasteiger charge is 2.36. The highest BCUT2D eigenvalue weighted by Crippen LogP contribution is 2.28. The SMILES string of the molecule is CCCC(C(=O)NC=O)N1Cc2cc(C)c(F)cc2C1=O. The second-order valence-electron chi connectivity index (χ2n) is 5.12. The van der Waals surface area contributed by atoms with Crippen molar-refractivity contribution in [2.75, 3.05) is 0 Å². The molecule has 6 heteroatoms. The van der Waals surface area contributed by atoms with Gasteiger partial charge >= 0.3 is 0 Å². The first-order valence-electron chi connectivity index (χ1n) is 6.83. The van der Waals surface area contributed by atoms with Crippen LogP contribution in [0.3, 0.4) is 0 Å². The van der Waals surface area contributed by atoms with E-state index in [4.69, 9.17) is 0 Å². The van der Waals surface area contributed by atoms with Crippen LogP contribution in [0.1, 0.15) is 41.3 Å². The maximum Gasteiger partial charge on any atom is 0.255 e. The van der Waals surface area contributed by atoms with E-state index in [1.165, 1.54) is 11.0 Å². The zero-order chi connectivity index (χ0) is 15.6. The van der Waals surface area contributed by atoms with Crippen molar-refractivity contribution in [3.05, 3.63) is 34.6 Å². The molecule has 5 nitrogen and oxygen atoms in total. The van der Waals surface area contributed by atoms with Gasteiger partial charge in [0, 0.05) is 12.1 Å². The van der Waals surface area contributed by atoms with Crippen LogP contribution in [0.2, 0.25) is 0 Å². The smallest absolute Gasteiger partial charge is 0.255 e. The Morgan fingerprint density at radius 3 is 2.86 bits per heavy atom. The zero-order valence-electron chi connectivity index (χ0n) is 12.0. The van der Waals surface area contributed by atoms with Crippen molar-refractivity contribution in [2.45, 2.75) is 39.3 Å². The summed E-state index contributed by atoms with van der Waals surface area (Å²) in [5.41, 5.74) is 1.46. The summed E-state index contributed by atoms with van der Waals surface area (Å²) >= 11 is 0. The van der Waals surface area contributed by atoms with E-state index < -0.39 is 17.8 Å². The molecule has 1 aliphatic rings. The average molecular weight is 292 g/mol. The van der Waals surface area contributed by atoms with Crippen LogP contribution in [0.4, 0.5) is 4.39 Å². The van der Waals surface area contributed by atoms with Gasteiger partial charge in [0.15, 0.2) is 0 Å². The van der Waals surface area contributed by atoms with E-state index in [-0.39, 0.29) is 18.0 Å². The number of rotatable bonds is 5. The lowest BCUT2D eigenvalue weighted by Crippen LogP contribution is -2.46. The van der Waals surface area contributed by atoms with Crippen LogP contribution >= 0.6 is 0 Å². The largest absolute Gasteiger partial charge is 0.322 e. The van der Waals surface area contributed by atoms with Gasteiger partial charge in [-0.15, -0.1) is 0 Å². The van der Waals surface area contributed by atoms with Crippen LogP contribution in [-0.2, 0) is 16.1 Å². The van der Waals surface area contributed by atoms with Gasteiger partial charge in [-0.2, -0.15) is 0 Å². The fourth-order valence-electron chi connectivity index (χ4n) is 2.59. The number of imide groups is 1. The van der Waals surface area contributed by atoms with E-state index in [2.05, 4.69) is 5.32 Å². The van der Waals surface area contributed by atoms with Crippen LogP contribution in [0.25, 0.3) is 0 Å². The second-order valence-corrected chi connectivity index (χ2v) is 5.12. The first-order chi connectivity index (χ1) is 9.99. The first-order valence-corrected chi connectivity index (χ1v) is 6.83. The molecule has 0 radical (unpaired) electrons. The van der Waals surface area contributed by atoms with E-state index in [0.717, 1.165) is 0 Å². The molecule has 1 aliphatic heterocycles. The van der Waals surface area contributed by atoms with Crippen LogP contribution in [-0.4, -0.2) is 29.2 Å². The summed E-state index contributed by atoms with van der Waals surface area (Å²) in [6.45, 7) is 3.77. The minimum absolute atomic E-state index is 0.256. The Kier molecular flexibility index (Phi) is 4.35. The highest BCUT2D eigenvalue weighted by atomic mass is 19.1. The lowest BCUT2D eigenvalue weighted by Gasteiger charge is -2.25. The molecule has 0 aromatic heterocycles. The van der Waals surface area contributed by atoms with Crippen LogP contribution in [0, 0.1) is 12.7 Å². The number of benzene rings is 1. The Bertz CT molecular complexity index is 601. The van der Waals surface area contributed by atoms with E-state index in [1.54, 1.807) is 13.0 Å². The molecule has 1 aromatic rings. The maximum absolute atomic E-state index is 13.6. The summed E-state index contributed by atoms with van der Waals surface area (Å²) in [7, 11) is 0. The third-order valence-electron chi connectivity index (χ3n) is 3.66. The van der Waals surface area contributed by atoms with Crippen molar-refractivity contribution in [1.29, 1.82) is 0 Å². The normalized spacial score (nSPS) is 14.8. The molecule has 2 rings (SSSR count). The molecule has 3 amide bonds. The summed E-state index contributed by atoms with van der Waals surface area (Å²) in [6.07, 6.45) is 1.44. The Morgan fingerprint density at radius 2 is 2.24 bits per heavy atom. The highest BCUT2D eigenvalue weighted by molar-refractivity contribution is 6.02. The van der Waals surface area contributed by atoms with Crippen molar-refractivity contribution in [1.82, 2.24) is 10.2 Å². The zero-order valence-corrected chi connectivity index (χ0v) is 12.0. The Morgan fingerprint density at radius 1 is 1.52 bits per heavy atom. The number of carbonyl (C=O) groups excluding carboxylic acids is 3. The number of nitrogens with zero attached hydrogens (tertiary/aromatic N) is 1. The monoisotopic (exact) mass is 292 g/mol. The molecule has 0 bridgehead atoms. The van der Waals surface area contributed by atoms with Crippen molar-refractivity contribution < 1.29 is 18.8 Å². The molecular weight excluding hydrogens is 275 g/mol. The van der Waals surface area contributed by atoms with Crippen molar-refractivity contribution >= 4 is 18.2 Å². The lowest BCUT2D eigenvalue weighted by molar-refractivity contribution is -0.129. The fourth-order valence-corrected chi connectivity index (χ4v) is 2.59. The number of hydrogen-bond acceptors (Lipinski definition) is 3. The molecular formula is C15H17FN2O3. The molecule has 1 unspecified atom stereocenters. The summed E-state index contributed by atoms with van der Waals surface area (Å²) in [6, 6.07) is 2.13. The molecule has 1 N–H and O–H groups in total. The number of nitrogens with one attached hydrogen (secondary N) is 1. The minimum atomic E-state index is -0.719. The van der Waals surface area contributed by atoms with E-state index in [9.17, 15) is 18.8 Å². The van der Waals surface area contributed by atoms with Crippen molar-refractivity contribution in [3.8, 4) is 0 Å². The minimum Gasteiger partial charge on any atom is -0.322 e. The van der Waals surface area contributed by atoms with Crippen molar-refractivity contribution in [2.24, 2.45) is 0 Å². The lowest BCUT2D eigenvalue weighted by atomic mass is 10.1. The molecule has 0 fully saturated rings. The number of amides is 3. The predicted molar refractivity (Wildman–Crippen MR) is 73.9 cm³/mol. The van der Waals surface area contributed by atoms with Gasteiger partial charge in [-0.05, 0) is 30.5 Å². The Balaban J connectivity index is 2.31. The van der Waals surface area contributed by atoms with Crippen LogP contribution in [0.5, 0.6) is 0 Å². The van der Waals surface area contributed by atoms with Crippen molar-refractivity contribution in [3.63, 3.8) is 0 Å². The Hall–Kier alpha value is -2.24. The van der Waals surface area contributed by atoms with Gasteiger partial charge in [-0.1, -0.05) is 19.4 Å². The van der Waals surface area contributed by atoms with E-state index in [0.29, 0.717) is 30.4 Å². The van der Waals surface area contributed by atoms with E-state index >= 15 is 0 Å². The number of hydrogen-bond donors (Lipinski definition) is 1. The molecule has 112 valence electrons. The summed E-state index contributed by atoms with van der Waals surface area (Å²) in [5.74, 6) is -1.32. The third kappa shape index (κ3) is 2.79. The van der Waals surface area contributed by atoms with Gasteiger partial charge < -0.3 is 4.90 Å². The predicted octanol–water partition coefficient (Wildman–Crippen LogP) is 1.53. The standard InChI is InChI=1S/C15H17FN2O3/c1-3-4-13(14(20)17-8-19)18-7-10-5-9(2)12(16)6-11(10)15(18)21/h5-6,8,13H,3-4,7H2,1-2H3,(H,17,19,20). The Labute approximate surface area is 122 Å². The summed E-state index contributed by atoms with van der Waals surface area (Å²) in [5, 5.41) is 2.09. The summed E-state index contributed by atoms with van der Waals surface area (Å²) < 4.78 is 13.6. The van der Waals surface area contributed by atoms with Gasteiger partial charge in [0.1, 0.15) is 11.9 Å². The first kappa shape index (κ1) is 15.2. The number of aryl methyl sites for hydroxylation is 1. The number of fused-ring (bicyclic) bond motifs is 1. The van der Waals surface area contributed by atoms with Gasteiger partial charge in [0.2, 0.25) is 12.3 Å². The molecule has 0 saturated heterocycles. The number of halogens is 1. The van der Waals surface area contributed by atoms with Crippen LogP contribution < -0.4 is 5.32 Å². The fraction of sp³-hybridized carbons (Fsp3) is 0.400. The van der Waals surface area contributed by atoms with Gasteiger partial charge in [-0.25, -0.2) is 4.39 Å². The molecule has 0 aliphatic carbocycles. The van der Waals surface area contributed by atoms with Gasteiger partial charge in [0.25, 0.3) is 5.91 Å².